The molecule has 0 radical (unpaired) electrons. The van der Waals surface area contributed by atoms with Gasteiger partial charge >= 0.3 is 0 Å². The molecule has 1 fully saturated rings. The first kappa shape index (κ1) is 13.6. The first-order valence-electron chi connectivity index (χ1n) is 7.43. The van der Waals surface area contributed by atoms with Gasteiger partial charge < -0.3 is 4.90 Å². The van der Waals surface area contributed by atoms with E-state index < -0.39 is 0 Å². The van der Waals surface area contributed by atoms with Crippen LogP contribution in [0.3, 0.4) is 0 Å². The van der Waals surface area contributed by atoms with E-state index in [0.717, 1.165) is 18.3 Å². The highest BCUT2D eigenvalue weighted by molar-refractivity contribution is 7.15. The Morgan fingerprint density at radius 2 is 2.15 bits per heavy atom. The molecule has 0 aromatic carbocycles. The second kappa shape index (κ2) is 5.56. The molecule has 4 nitrogen and oxygen atoms in total. The molecule has 5 heteroatoms. The Kier molecular flexibility index (Phi) is 3.78. The van der Waals surface area contributed by atoms with E-state index in [1.165, 1.54) is 35.4 Å². The highest BCUT2D eigenvalue weighted by Gasteiger charge is 2.25. The number of thiophene rings is 1. The highest BCUT2D eigenvalue weighted by atomic mass is 32.1. The highest BCUT2D eigenvalue weighted by Crippen LogP contribution is 2.30. The van der Waals surface area contributed by atoms with Crippen LogP contribution >= 0.6 is 11.3 Å². The van der Waals surface area contributed by atoms with Crippen LogP contribution in [-0.2, 0) is 7.05 Å². The smallest absolute Gasteiger partial charge is 0.227 e. The third-order valence-electron chi connectivity index (χ3n) is 4.17. The van der Waals surface area contributed by atoms with Gasteiger partial charge in [-0.1, -0.05) is 6.92 Å². The third-order valence-corrected chi connectivity index (χ3v) is 5.16. The van der Waals surface area contributed by atoms with E-state index in [1.807, 2.05) is 0 Å². The van der Waals surface area contributed by atoms with Crippen LogP contribution in [0.4, 0.5) is 5.95 Å². The quantitative estimate of drug-likeness (QED) is 0.866. The number of nitrogens with zero attached hydrogens (tertiary/aromatic N) is 4. The molecular formula is C15H22N4S. The van der Waals surface area contributed by atoms with Gasteiger partial charge in [-0.05, 0) is 44.7 Å². The van der Waals surface area contributed by atoms with Crippen LogP contribution in [0.5, 0.6) is 0 Å². The molecule has 0 saturated carbocycles. The minimum absolute atomic E-state index is 0.615. The fraction of sp³-hybridized carbons (Fsp3) is 0.600. The summed E-state index contributed by atoms with van der Waals surface area (Å²) < 4.78 is 2.15. The SMILES string of the molecule is CCC1CCCCN1c1nnc(-c2ccc(C)s2)n1C. The van der Waals surface area contributed by atoms with E-state index in [2.05, 4.69) is 52.7 Å². The Labute approximate surface area is 124 Å². The fourth-order valence-electron chi connectivity index (χ4n) is 3.03. The summed E-state index contributed by atoms with van der Waals surface area (Å²) in [6, 6.07) is 4.90. The monoisotopic (exact) mass is 290 g/mol. The predicted molar refractivity (Wildman–Crippen MR) is 84.3 cm³/mol. The lowest BCUT2D eigenvalue weighted by atomic mass is 10.0. The van der Waals surface area contributed by atoms with Crippen LogP contribution in [-0.4, -0.2) is 27.4 Å². The number of anilines is 1. The van der Waals surface area contributed by atoms with Crippen LogP contribution < -0.4 is 4.90 Å². The van der Waals surface area contributed by atoms with E-state index in [4.69, 9.17) is 0 Å². The fourth-order valence-corrected chi connectivity index (χ4v) is 3.92. The molecular weight excluding hydrogens is 268 g/mol. The van der Waals surface area contributed by atoms with Crippen LogP contribution in [0, 0.1) is 6.92 Å². The topological polar surface area (TPSA) is 34.0 Å². The molecule has 0 aliphatic carbocycles. The summed E-state index contributed by atoms with van der Waals surface area (Å²) in [6.07, 6.45) is 5.05. The minimum atomic E-state index is 0.615. The molecule has 3 rings (SSSR count). The third kappa shape index (κ3) is 2.35. The first-order valence-corrected chi connectivity index (χ1v) is 8.25. The van der Waals surface area contributed by atoms with Gasteiger partial charge in [0.2, 0.25) is 5.95 Å². The van der Waals surface area contributed by atoms with Crippen molar-refractivity contribution in [2.75, 3.05) is 11.4 Å². The van der Waals surface area contributed by atoms with Crippen LogP contribution in [0.15, 0.2) is 12.1 Å². The van der Waals surface area contributed by atoms with E-state index in [-0.39, 0.29) is 0 Å². The number of rotatable bonds is 3. The summed E-state index contributed by atoms with van der Waals surface area (Å²) in [5, 5.41) is 8.89. The summed E-state index contributed by atoms with van der Waals surface area (Å²) in [5.41, 5.74) is 0. The molecule has 0 amide bonds. The Hall–Kier alpha value is -1.36. The van der Waals surface area contributed by atoms with Gasteiger partial charge in [0, 0.05) is 24.5 Å². The Morgan fingerprint density at radius 3 is 2.85 bits per heavy atom. The van der Waals surface area contributed by atoms with Crippen molar-refractivity contribution < 1.29 is 0 Å². The maximum atomic E-state index is 4.47. The molecule has 1 unspecified atom stereocenters. The van der Waals surface area contributed by atoms with Gasteiger partial charge in [0.15, 0.2) is 5.82 Å². The van der Waals surface area contributed by atoms with Crippen molar-refractivity contribution in [2.24, 2.45) is 7.05 Å². The molecule has 1 saturated heterocycles. The molecule has 0 N–H and O–H groups in total. The molecule has 1 aliphatic rings. The van der Waals surface area contributed by atoms with Crippen molar-refractivity contribution >= 4 is 17.3 Å². The van der Waals surface area contributed by atoms with Gasteiger partial charge in [-0.25, -0.2) is 0 Å². The molecule has 3 heterocycles. The van der Waals surface area contributed by atoms with Gasteiger partial charge in [0.05, 0.1) is 4.88 Å². The Balaban J connectivity index is 1.93. The van der Waals surface area contributed by atoms with Crippen molar-refractivity contribution in [3.8, 4) is 10.7 Å². The lowest BCUT2D eigenvalue weighted by Crippen LogP contribution is -2.40. The van der Waals surface area contributed by atoms with E-state index in [0.29, 0.717) is 6.04 Å². The van der Waals surface area contributed by atoms with Gasteiger partial charge in [0.1, 0.15) is 0 Å². The Bertz CT molecular complexity index is 586. The molecule has 2 aromatic heterocycles. The lowest BCUT2D eigenvalue weighted by molar-refractivity contribution is 0.439. The molecule has 1 aliphatic heterocycles. The summed E-state index contributed by atoms with van der Waals surface area (Å²) in [7, 11) is 2.08. The molecule has 0 spiro atoms. The van der Waals surface area contributed by atoms with Gasteiger partial charge in [-0.3, -0.25) is 4.57 Å². The first-order chi connectivity index (χ1) is 9.70. The number of aromatic nitrogens is 3. The summed E-state index contributed by atoms with van der Waals surface area (Å²) >= 11 is 1.78. The predicted octanol–water partition coefficient (Wildman–Crippen LogP) is 3.62. The van der Waals surface area contributed by atoms with Crippen molar-refractivity contribution in [3.63, 3.8) is 0 Å². The summed E-state index contributed by atoms with van der Waals surface area (Å²) in [4.78, 5) is 4.96. The maximum absolute atomic E-state index is 4.47. The van der Waals surface area contributed by atoms with Crippen molar-refractivity contribution in [3.05, 3.63) is 17.0 Å². The van der Waals surface area contributed by atoms with Gasteiger partial charge in [0.25, 0.3) is 0 Å². The average molecular weight is 290 g/mol. The number of hydrogen-bond donors (Lipinski definition) is 0. The zero-order valence-corrected chi connectivity index (χ0v) is 13.3. The zero-order chi connectivity index (χ0) is 14.1. The molecule has 108 valence electrons. The van der Waals surface area contributed by atoms with E-state index >= 15 is 0 Å². The van der Waals surface area contributed by atoms with Crippen molar-refractivity contribution in [1.82, 2.24) is 14.8 Å². The summed E-state index contributed by atoms with van der Waals surface area (Å²) in [6.45, 7) is 5.50. The van der Waals surface area contributed by atoms with E-state index in [1.54, 1.807) is 11.3 Å². The lowest BCUT2D eigenvalue weighted by Gasteiger charge is -2.35. The minimum Gasteiger partial charge on any atom is -0.338 e. The average Bonchev–Trinajstić information content (AvgIpc) is 3.05. The number of aryl methyl sites for hydroxylation is 1. The number of piperidine rings is 1. The molecule has 20 heavy (non-hydrogen) atoms. The van der Waals surface area contributed by atoms with Crippen LogP contribution in [0.1, 0.15) is 37.5 Å². The van der Waals surface area contributed by atoms with Crippen molar-refractivity contribution in [2.45, 2.75) is 45.6 Å². The molecule has 1 atom stereocenters. The maximum Gasteiger partial charge on any atom is 0.227 e. The van der Waals surface area contributed by atoms with E-state index in [9.17, 15) is 0 Å². The largest absolute Gasteiger partial charge is 0.338 e. The summed E-state index contributed by atoms with van der Waals surface area (Å²) in [5.74, 6) is 2.01. The van der Waals surface area contributed by atoms with Crippen LogP contribution in [0.2, 0.25) is 0 Å². The number of hydrogen-bond acceptors (Lipinski definition) is 4. The van der Waals surface area contributed by atoms with Crippen LogP contribution in [0.25, 0.3) is 10.7 Å². The second-order valence-electron chi connectivity index (χ2n) is 5.54. The Morgan fingerprint density at radius 1 is 1.30 bits per heavy atom. The van der Waals surface area contributed by atoms with Gasteiger partial charge in [-0.15, -0.1) is 21.5 Å². The molecule has 2 aromatic rings. The molecule has 0 bridgehead atoms. The second-order valence-corrected chi connectivity index (χ2v) is 6.83. The van der Waals surface area contributed by atoms with Crippen molar-refractivity contribution in [1.29, 1.82) is 0 Å². The zero-order valence-electron chi connectivity index (χ0n) is 12.5. The standard InChI is InChI=1S/C15H22N4S/c1-4-12-7-5-6-10-19(12)15-17-16-14(18(15)3)13-9-8-11(2)20-13/h8-9,12H,4-7,10H2,1-3H3. The normalized spacial score (nSPS) is 19.6. The van der Waals surface area contributed by atoms with Gasteiger partial charge in [-0.2, -0.15) is 0 Å².